The molecule has 0 saturated carbocycles. The van der Waals surface area contributed by atoms with E-state index in [-0.39, 0.29) is 30.0 Å². The molecule has 0 aliphatic rings. The van der Waals surface area contributed by atoms with Gasteiger partial charge in [0.2, 0.25) is 0 Å². The van der Waals surface area contributed by atoms with Gasteiger partial charge in [0.25, 0.3) is 5.91 Å². The van der Waals surface area contributed by atoms with Gasteiger partial charge >= 0.3 is 0 Å². The van der Waals surface area contributed by atoms with Gasteiger partial charge < -0.3 is 16.0 Å². The number of carbonyl (C=O) groups is 2. The highest BCUT2D eigenvalue weighted by Gasteiger charge is 2.21. The summed E-state index contributed by atoms with van der Waals surface area (Å²) in [5, 5.41) is 2.84. The number of nitrogens with two attached hydrogens (primary N) is 1. The first-order valence-electron chi connectivity index (χ1n) is 6.62. The third-order valence-corrected chi connectivity index (χ3v) is 3.24. The lowest BCUT2D eigenvalue weighted by molar-refractivity contribution is 0.0943. The Balaban J connectivity index is 0.00000361. The normalized spacial score (nSPS) is 11.7. The molecule has 6 heteroatoms. The molecular formula is C14H24ClN3O2. The number of amides is 1. The van der Waals surface area contributed by atoms with Crippen molar-refractivity contribution < 1.29 is 9.59 Å². The van der Waals surface area contributed by atoms with Gasteiger partial charge in [-0.3, -0.25) is 9.59 Å². The Morgan fingerprint density at radius 1 is 1.40 bits per heavy atom. The molecule has 0 saturated heterocycles. The molecule has 114 valence electrons. The minimum absolute atomic E-state index is 0. The fourth-order valence-corrected chi connectivity index (χ4v) is 2.14. The van der Waals surface area contributed by atoms with E-state index in [1.807, 2.05) is 20.8 Å². The highest BCUT2D eigenvalue weighted by Crippen LogP contribution is 2.20. The van der Waals surface area contributed by atoms with Crippen molar-refractivity contribution in [3.8, 4) is 0 Å². The number of aryl methyl sites for hydroxylation is 1. The number of Topliss-reactive ketones (excluding diaryl/α,β-unsaturated/α-hetero) is 1. The molecule has 1 rings (SSSR count). The van der Waals surface area contributed by atoms with E-state index in [9.17, 15) is 9.59 Å². The zero-order valence-corrected chi connectivity index (χ0v) is 13.3. The molecule has 1 atom stereocenters. The third-order valence-electron chi connectivity index (χ3n) is 3.24. The molecule has 1 aromatic rings. The van der Waals surface area contributed by atoms with Gasteiger partial charge in [-0.1, -0.05) is 13.8 Å². The predicted octanol–water partition coefficient (Wildman–Crippen LogP) is 1.83. The number of carbonyl (C=O) groups excluding carboxylic acids is 2. The first-order valence-corrected chi connectivity index (χ1v) is 6.62. The number of nitrogens with one attached hydrogen (secondary N) is 2. The Morgan fingerprint density at radius 2 is 2.00 bits per heavy atom. The molecule has 0 fully saturated rings. The van der Waals surface area contributed by atoms with Gasteiger partial charge in [-0.15, -0.1) is 12.4 Å². The molecule has 1 aromatic heterocycles. The van der Waals surface area contributed by atoms with Crippen LogP contribution in [-0.4, -0.2) is 29.8 Å². The molecule has 20 heavy (non-hydrogen) atoms. The van der Waals surface area contributed by atoms with Crippen molar-refractivity contribution in [3.63, 3.8) is 0 Å². The number of ketones is 1. The van der Waals surface area contributed by atoms with Gasteiger partial charge in [0.05, 0.1) is 0 Å². The molecule has 1 heterocycles. The lowest BCUT2D eigenvalue weighted by Crippen LogP contribution is -2.32. The van der Waals surface area contributed by atoms with Gasteiger partial charge in [0.1, 0.15) is 5.69 Å². The molecule has 1 unspecified atom stereocenters. The van der Waals surface area contributed by atoms with Crippen LogP contribution in [0, 0.1) is 12.8 Å². The van der Waals surface area contributed by atoms with Crippen LogP contribution < -0.4 is 11.1 Å². The first kappa shape index (κ1) is 18.7. The molecule has 0 spiro atoms. The first-order chi connectivity index (χ1) is 8.92. The SMILES string of the molecule is CCc1c(C(=O)NCC(C)CN)[nH]c(C)c1C(C)=O.Cl. The van der Waals surface area contributed by atoms with E-state index in [1.54, 1.807) is 0 Å². The number of rotatable bonds is 6. The zero-order valence-electron chi connectivity index (χ0n) is 12.5. The summed E-state index contributed by atoms with van der Waals surface area (Å²) in [6, 6.07) is 0. The second kappa shape index (κ2) is 8.07. The van der Waals surface area contributed by atoms with Crippen LogP contribution in [0.1, 0.15) is 52.9 Å². The molecule has 1 amide bonds. The van der Waals surface area contributed by atoms with Gasteiger partial charge in [0, 0.05) is 17.8 Å². The van der Waals surface area contributed by atoms with Crippen molar-refractivity contribution >= 4 is 24.1 Å². The van der Waals surface area contributed by atoms with Crippen LogP contribution in [-0.2, 0) is 6.42 Å². The molecule has 0 aromatic carbocycles. The molecule has 4 N–H and O–H groups in total. The maximum absolute atomic E-state index is 12.1. The number of hydrogen-bond donors (Lipinski definition) is 3. The Bertz CT molecular complexity index is 483. The van der Waals surface area contributed by atoms with Gasteiger partial charge in [-0.25, -0.2) is 0 Å². The van der Waals surface area contributed by atoms with E-state index < -0.39 is 0 Å². The Morgan fingerprint density at radius 3 is 2.45 bits per heavy atom. The highest BCUT2D eigenvalue weighted by molar-refractivity contribution is 6.02. The standard InChI is InChI=1S/C14H23N3O2.ClH/c1-5-11-12(10(4)18)9(3)17-13(11)14(19)16-7-8(2)6-15;/h8,17H,5-7,15H2,1-4H3,(H,16,19);1H. The summed E-state index contributed by atoms with van der Waals surface area (Å²) in [6.07, 6.45) is 0.647. The van der Waals surface area contributed by atoms with E-state index in [1.165, 1.54) is 6.92 Å². The van der Waals surface area contributed by atoms with E-state index in [4.69, 9.17) is 5.73 Å². The molecule has 0 aliphatic heterocycles. The maximum atomic E-state index is 12.1. The van der Waals surface area contributed by atoms with Crippen LogP contribution in [0.25, 0.3) is 0 Å². The minimum Gasteiger partial charge on any atom is -0.354 e. The van der Waals surface area contributed by atoms with Gasteiger partial charge in [-0.2, -0.15) is 0 Å². The Hall–Kier alpha value is -1.33. The van der Waals surface area contributed by atoms with Gasteiger partial charge in [0.15, 0.2) is 5.78 Å². The minimum atomic E-state index is -0.173. The molecular weight excluding hydrogens is 278 g/mol. The van der Waals surface area contributed by atoms with Crippen molar-refractivity contribution in [1.82, 2.24) is 10.3 Å². The monoisotopic (exact) mass is 301 g/mol. The van der Waals surface area contributed by atoms with E-state index in [2.05, 4.69) is 10.3 Å². The smallest absolute Gasteiger partial charge is 0.268 e. The molecule has 0 aliphatic carbocycles. The summed E-state index contributed by atoms with van der Waals surface area (Å²) >= 11 is 0. The average molecular weight is 302 g/mol. The summed E-state index contributed by atoms with van der Waals surface area (Å²) < 4.78 is 0. The van der Waals surface area contributed by atoms with Gasteiger partial charge in [-0.05, 0) is 38.3 Å². The van der Waals surface area contributed by atoms with Crippen molar-refractivity contribution in [1.29, 1.82) is 0 Å². The van der Waals surface area contributed by atoms with E-state index in [0.717, 1.165) is 11.3 Å². The van der Waals surface area contributed by atoms with Crippen LogP contribution >= 0.6 is 12.4 Å². The Kier molecular flexibility index (Phi) is 7.53. The summed E-state index contributed by atoms with van der Waals surface area (Å²) in [4.78, 5) is 26.8. The second-order valence-corrected chi connectivity index (χ2v) is 4.94. The lowest BCUT2D eigenvalue weighted by Gasteiger charge is -2.10. The highest BCUT2D eigenvalue weighted by atomic mass is 35.5. The molecule has 0 bridgehead atoms. The number of halogens is 1. The van der Waals surface area contributed by atoms with Crippen molar-refractivity contribution in [2.24, 2.45) is 11.7 Å². The van der Waals surface area contributed by atoms with Crippen molar-refractivity contribution in [3.05, 3.63) is 22.5 Å². The molecule has 0 radical (unpaired) electrons. The second-order valence-electron chi connectivity index (χ2n) is 4.94. The van der Waals surface area contributed by atoms with Crippen LogP contribution in [0.15, 0.2) is 0 Å². The number of H-pyrrole nitrogens is 1. The Labute approximate surface area is 126 Å². The zero-order chi connectivity index (χ0) is 14.6. The third kappa shape index (κ3) is 4.08. The number of hydrogen-bond acceptors (Lipinski definition) is 3. The fraction of sp³-hybridized carbons (Fsp3) is 0.571. The number of aromatic nitrogens is 1. The lowest BCUT2D eigenvalue weighted by atomic mass is 10.0. The van der Waals surface area contributed by atoms with Crippen molar-refractivity contribution in [2.45, 2.75) is 34.1 Å². The van der Waals surface area contributed by atoms with Crippen molar-refractivity contribution in [2.75, 3.05) is 13.1 Å². The van der Waals surface area contributed by atoms with Crippen LogP contribution in [0.5, 0.6) is 0 Å². The quantitative estimate of drug-likeness (QED) is 0.701. The summed E-state index contributed by atoms with van der Waals surface area (Å²) in [6.45, 7) is 8.31. The van der Waals surface area contributed by atoms with Crippen LogP contribution in [0.4, 0.5) is 0 Å². The molecule has 5 nitrogen and oxygen atoms in total. The number of aromatic amines is 1. The topological polar surface area (TPSA) is 88.0 Å². The van der Waals surface area contributed by atoms with E-state index in [0.29, 0.717) is 30.8 Å². The van der Waals surface area contributed by atoms with E-state index >= 15 is 0 Å². The van der Waals surface area contributed by atoms with Crippen LogP contribution in [0.2, 0.25) is 0 Å². The maximum Gasteiger partial charge on any atom is 0.268 e. The predicted molar refractivity (Wildman–Crippen MR) is 82.7 cm³/mol. The summed E-state index contributed by atoms with van der Waals surface area (Å²) in [5.74, 6) is 0.0464. The fourth-order valence-electron chi connectivity index (χ4n) is 2.14. The average Bonchev–Trinajstić information content (AvgIpc) is 2.72. The summed E-state index contributed by atoms with van der Waals surface area (Å²) in [5.41, 5.74) is 8.20. The summed E-state index contributed by atoms with van der Waals surface area (Å²) in [7, 11) is 0. The largest absolute Gasteiger partial charge is 0.354 e. The van der Waals surface area contributed by atoms with Crippen LogP contribution in [0.3, 0.4) is 0 Å².